The van der Waals surface area contributed by atoms with Crippen LogP contribution in [0.3, 0.4) is 0 Å². The number of aliphatic hydroxyl groups is 1. The Labute approximate surface area is 125 Å². The molecular formula is C18H13N2O2+. The van der Waals surface area contributed by atoms with Crippen LogP contribution < -0.4 is 15.3 Å². The first kappa shape index (κ1) is 12.6. The first-order chi connectivity index (χ1) is 10.8. The SMILES string of the molecule is O=c1cccc2/c(=C(\O)c3ccccc3)[n+]3ccccc3n12. The molecule has 0 aliphatic heterocycles. The van der Waals surface area contributed by atoms with Crippen molar-refractivity contribution in [2.45, 2.75) is 0 Å². The van der Waals surface area contributed by atoms with E-state index in [1.807, 2.05) is 65.2 Å². The number of aliphatic hydroxyl groups excluding tert-OH is 1. The van der Waals surface area contributed by atoms with Gasteiger partial charge in [-0.2, -0.15) is 8.80 Å². The van der Waals surface area contributed by atoms with Crippen molar-refractivity contribution >= 4 is 16.9 Å². The van der Waals surface area contributed by atoms with Gasteiger partial charge in [-0.1, -0.05) is 42.5 Å². The van der Waals surface area contributed by atoms with Crippen LogP contribution >= 0.6 is 0 Å². The minimum absolute atomic E-state index is 0.117. The predicted octanol–water partition coefficient (Wildman–Crippen LogP) is 1.47. The largest absolute Gasteiger partial charge is 0.503 e. The van der Waals surface area contributed by atoms with Gasteiger partial charge in [0.1, 0.15) is 0 Å². The van der Waals surface area contributed by atoms with E-state index in [4.69, 9.17) is 0 Å². The summed E-state index contributed by atoms with van der Waals surface area (Å²) >= 11 is 0. The van der Waals surface area contributed by atoms with Crippen LogP contribution in [0.5, 0.6) is 0 Å². The average Bonchev–Trinajstić information content (AvgIpc) is 2.90. The lowest BCUT2D eigenvalue weighted by atomic mass is 10.2. The van der Waals surface area contributed by atoms with E-state index in [-0.39, 0.29) is 11.3 Å². The number of hydrogen-bond donors (Lipinski definition) is 1. The summed E-state index contributed by atoms with van der Waals surface area (Å²) in [5, 5.41) is 11.4. The molecule has 0 spiro atoms. The maximum absolute atomic E-state index is 12.2. The lowest BCUT2D eigenvalue weighted by Crippen LogP contribution is -2.38. The van der Waals surface area contributed by atoms with E-state index in [0.29, 0.717) is 16.4 Å². The monoisotopic (exact) mass is 289 g/mol. The second kappa shape index (κ2) is 4.70. The highest BCUT2D eigenvalue weighted by Gasteiger charge is 2.19. The molecule has 106 valence electrons. The molecule has 0 aliphatic rings. The number of hydrogen-bond acceptors (Lipinski definition) is 2. The zero-order valence-electron chi connectivity index (χ0n) is 11.7. The number of imidazole rings is 1. The summed E-state index contributed by atoms with van der Waals surface area (Å²) in [6.07, 6.45) is 1.84. The fourth-order valence-corrected chi connectivity index (χ4v) is 2.81. The predicted molar refractivity (Wildman–Crippen MR) is 83.6 cm³/mol. The van der Waals surface area contributed by atoms with E-state index in [2.05, 4.69) is 0 Å². The quantitative estimate of drug-likeness (QED) is 0.539. The van der Waals surface area contributed by atoms with Gasteiger partial charge in [-0.15, -0.1) is 0 Å². The van der Waals surface area contributed by atoms with Crippen LogP contribution in [0.25, 0.3) is 16.9 Å². The standard InChI is InChI=1S/C18H12N2O2/c21-16-11-6-9-14-17(18(22)13-7-2-1-3-8-13)19-12-5-4-10-15(19)20(14)16/h1-12H/p+1. The van der Waals surface area contributed by atoms with Crippen molar-refractivity contribution in [3.8, 4) is 0 Å². The van der Waals surface area contributed by atoms with Crippen molar-refractivity contribution < 1.29 is 9.51 Å². The third-order valence-corrected chi connectivity index (χ3v) is 3.78. The number of pyridine rings is 2. The average molecular weight is 289 g/mol. The van der Waals surface area contributed by atoms with Crippen molar-refractivity contribution in [3.63, 3.8) is 0 Å². The second-order valence-electron chi connectivity index (χ2n) is 5.08. The van der Waals surface area contributed by atoms with Gasteiger partial charge in [0.2, 0.25) is 5.35 Å². The summed E-state index contributed by atoms with van der Waals surface area (Å²) in [6, 6.07) is 20.0. The van der Waals surface area contributed by atoms with Crippen LogP contribution in [0, 0.1) is 0 Å². The van der Waals surface area contributed by atoms with Crippen LogP contribution in [-0.2, 0) is 0 Å². The molecule has 0 saturated heterocycles. The van der Waals surface area contributed by atoms with Gasteiger partial charge < -0.3 is 5.11 Å². The molecule has 0 saturated carbocycles. The summed E-state index contributed by atoms with van der Waals surface area (Å²) in [5.41, 5.74) is 2.00. The molecule has 4 rings (SSSR count). The summed E-state index contributed by atoms with van der Waals surface area (Å²) in [4.78, 5) is 12.2. The molecule has 22 heavy (non-hydrogen) atoms. The Morgan fingerprint density at radius 2 is 1.68 bits per heavy atom. The fourth-order valence-electron chi connectivity index (χ4n) is 2.81. The van der Waals surface area contributed by atoms with E-state index in [1.165, 1.54) is 6.07 Å². The number of benzene rings is 1. The molecule has 1 aromatic carbocycles. The summed E-state index contributed by atoms with van der Waals surface area (Å²) in [6.45, 7) is 0. The van der Waals surface area contributed by atoms with Crippen LogP contribution in [-0.4, -0.2) is 9.51 Å². The molecular weight excluding hydrogens is 276 g/mol. The van der Waals surface area contributed by atoms with E-state index < -0.39 is 0 Å². The van der Waals surface area contributed by atoms with Gasteiger partial charge in [0.25, 0.3) is 5.65 Å². The number of fused-ring (bicyclic) bond motifs is 3. The Balaban J connectivity index is 2.32. The van der Waals surface area contributed by atoms with E-state index >= 15 is 0 Å². The molecule has 0 amide bonds. The fraction of sp³-hybridized carbons (Fsp3) is 0. The molecule has 4 aromatic rings. The first-order valence-electron chi connectivity index (χ1n) is 7.00. The summed E-state index contributed by atoms with van der Waals surface area (Å²) in [7, 11) is 0. The molecule has 4 heteroatoms. The molecule has 4 nitrogen and oxygen atoms in total. The van der Waals surface area contributed by atoms with E-state index in [9.17, 15) is 9.90 Å². The Morgan fingerprint density at radius 1 is 0.909 bits per heavy atom. The minimum atomic E-state index is -0.117. The minimum Gasteiger partial charge on any atom is -0.503 e. The highest BCUT2D eigenvalue weighted by Crippen LogP contribution is 2.08. The smallest absolute Gasteiger partial charge is 0.339 e. The molecule has 0 fully saturated rings. The molecule has 0 unspecified atom stereocenters. The van der Waals surface area contributed by atoms with Gasteiger partial charge in [-0.05, 0) is 12.1 Å². The van der Waals surface area contributed by atoms with Crippen LogP contribution in [0.15, 0.2) is 77.7 Å². The van der Waals surface area contributed by atoms with Crippen molar-refractivity contribution in [3.05, 3.63) is 94.2 Å². The molecule has 0 atom stereocenters. The van der Waals surface area contributed by atoms with Crippen molar-refractivity contribution in [1.82, 2.24) is 4.40 Å². The van der Waals surface area contributed by atoms with Crippen molar-refractivity contribution in [2.24, 2.45) is 0 Å². The van der Waals surface area contributed by atoms with Crippen LogP contribution in [0.2, 0.25) is 0 Å². The normalized spacial score (nSPS) is 12.7. The van der Waals surface area contributed by atoms with Crippen molar-refractivity contribution in [1.29, 1.82) is 0 Å². The Morgan fingerprint density at radius 3 is 2.50 bits per heavy atom. The topological polar surface area (TPSA) is 45.8 Å². The van der Waals surface area contributed by atoms with Crippen LogP contribution in [0.1, 0.15) is 5.56 Å². The van der Waals surface area contributed by atoms with Crippen LogP contribution in [0.4, 0.5) is 0 Å². The highest BCUT2D eigenvalue weighted by atomic mass is 16.3. The molecule has 0 radical (unpaired) electrons. The third-order valence-electron chi connectivity index (χ3n) is 3.78. The summed E-state index contributed by atoms with van der Waals surface area (Å²) in [5.74, 6) is 0.148. The number of nitrogens with zero attached hydrogens (tertiary/aromatic N) is 2. The van der Waals surface area contributed by atoms with Crippen molar-refractivity contribution in [2.75, 3.05) is 0 Å². The summed E-state index contributed by atoms with van der Waals surface area (Å²) < 4.78 is 3.44. The maximum Gasteiger partial charge on any atom is 0.339 e. The first-order valence-corrected chi connectivity index (χ1v) is 7.00. The molecule has 1 N–H and O–H groups in total. The molecule has 0 bridgehead atoms. The van der Waals surface area contributed by atoms with E-state index in [1.54, 1.807) is 10.5 Å². The van der Waals surface area contributed by atoms with Gasteiger partial charge in [0.15, 0.2) is 11.3 Å². The van der Waals surface area contributed by atoms with Gasteiger partial charge in [-0.3, -0.25) is 0 Å². The Hall–Kier alpha value is -3.14. The van der Waals surface area contributed by atoms with Gasteiger partial charge in [-0.25, -0.2) is 4.79 Å². The Bertz CT molecular complexity index is 1100. The lowest BCUT2D eigenvalue weighted by Gasteiger charge is -1.96. The number of aromatic nitrogens is 2. The van der Waals surface area contributed by atoms with E-state index in [0.717, 1.165) is 5.65 Å². The zero-order chi connectivity index (χ0) is 15.1. The van der Waals surface area contributed by atoms with Gasteiger partial charge >= 0.3 is 5.56 Å². The second-order valence-corrected chi connectivity index (χ2v) is 5.08. The molecule has 0 aliphatic carbocycles. The molecule has 3 aromatic heterocycles. The van der Waals surface area contributed by atoms with Gasteiger partial charge in [0.05, 0.1) is 6.20 Å². The molecule has 3 heterocycles. The Kier molecular flexibility index (Phi) is 2.69. The zero-order valence-corrected chi connectivity index (χ0v) is 11.7. The maximum atomic E-state index is 12.2. The lowest BCUT2D eigenvalue weighted by molar-refractivity contribution is -0.525. The third kappa shape index (κ3) is 1.71. The highest BCUT2D eigenvalue weighted by molar-refractivity contribution is 5.65. The number of rotatable bonds is 1. The van der Waals surface area contributed by atoms with Gasteiger partial charge in [0, 0.05) is 17.7 Å².